The molecule has 1 amide bonds. The van der Waals surface area contributed by atoms with Gasteiger partial charge in [0.05, 0.1) is 18.8 Å². The molecule has 0 saturated carbocycles. The van der Waals surface area contributed by atoms with Crippen LogP contribution in [-0.4, -0.2) is 66.2 Å². The second-order valence-corrected chi connectivity index (χ2v) is 10.1. The number of hydrogen-bond donors (Lipinski definition) is 0. The molecule has 1 aromatic heterocycles. The Labute approximate surface area is 204 Å². The first-order valence-electron chi connectivity index (χ1n) is 11.1. The minimum Gasteiger partial charge on any atom is -0.471 e. The molecule has 7 nitrogen and oxygen atoms in total. The number of carbonyl (C=O) groups excluding carboxylic acids is 2. The maximum absolute atomic E-state index is 12.5. The summed E-state index contributed by atoms with van der Waals surface area (Å²) in [4.78, 5) is 30.5. The minimum atomic E-state index is -0.468. The van der Waals surface area contributed by atoms with E-state index in [1.165, 1.54) is 23.8 Å². The molecule has 1 aromatic carbocycles. The van der Waals surface area contributed by atoms with Crippen molar-refractivity contribution in [3.05, 3.63) is 63.4 Å². The lowest BCUT2D eigenvalue weighted by Gasteiger charge is -2.40. The zero-order valence-electron chi connectivity index (χ0n) is 19.7. The van der Waals surface area contributed by atoms with E-state index in [-0.39, 0.29) is 12.1 Å². The van der Waals surface area contributed by atoms with Crippen molar-refractivity contribution < 1.29 is 19.1 Å². The second-order valence-electron chi connectivity index (χ2n) is 9.13. The number of hydrogen-bond acceptors (Lipinski definition) is 6. The smallest absolute Gasteiger partial charge is 0.410 e. The standard InChI is InChI=1S/C23H28BrN3O2.C2H4O2/c1-23(2,3)29-22(28)27-12-10-26(11-13-27)21-19-7-5-4-6-16(19)8-9-17-14-18(24)15-25-20(17)21;1-4-2-3/h4-7,14-15,21H,8-13H2,1-3H3;2H,1H3. The van der Waals surface area contributed by atoms with Gasteiger partial charge < -0.3 is 14.4 Å². The second kappa shape index (κ2) is 11.1. The molecule has 1 aliphatic carbocycles. The summed E-state index contributed by atoms with van der Waals surface area (Å²) in [6.07, 6.45) is 3.69. The van der Waals surface area contributed by atoms with Gasteiger partial charge in [0, 0.05) is 36.8 Å². The van der Waals surface area contributed by atoms with Gasteiger partial charge in [0.25, 0.3) is 6.47 Å². The fourth-order valence-corrected chi connectivity index (χ4v) is 4.62. The Morgan fingerprint density at radius 1 is 1.12 bits per heavy atom. The van der Waals surface area contributed by atoms with Crippen LogP contribution in [-0.2, 0) is 27.1 Å². The average molecular weight is 518 g/mol. The summed E-state index contributed by atoms with van der Waals surface area (Å²) in [5.41, 5.74) is 4.71. The average Bonchev–Trinajstić information content (AvgIpc) is 2.95. The monoisotopic (exact) mass is 517 g/mol. The largest absolute Gasteiger partial charge is 0.471 e. The summed E-state index contributed by atoms with van der Waals surface area (Å²) in [6.45, 7) is 9.03. The molecule has 1 unspecified atom stereocenters. The SMILES string of the molecule is CC(C)(C)OC(=O)N1CCN(C2c3ccccc3CCc3cc(Br)cnc32)CC1.COC=O. The molecule has 8 heteroatoms. The molecule has 0 bridgehead atoms. The number of carbonyl (C=O) groups is 2. The summed E-state index contributed by atoms with van der Waals surface area (Å²) in [5, 5.41) is 0. The van der Waals surface area contributed by atoms with Crippen LogP contribution in [0.15, 0.2) is 41.0 Å². The predicted octanol–water partition coefficient (Wildman–Crippen LogP) is 4.37. The fourth-order valence-electron chi connectivity index (χ4n) is 4.24. The van der Waals surface area contributed by atoms with Crippen molar-refractivity contribution in [1.82, 2.24) is 14.8 Å². The number of aromatic nitrogens is 1. The van der Waals surface area contributed by atoms with Gasteiger partial charge in [-0.15, -0.1) is 0 Å². The zero-order chi connectivity index (χ0) is 24.0. The predicted molar refractivity (Wildman–Crippen MR) is 130 cm³/mol. The number of aryl methyl sites for hydroxylation is 2. The summed E-state index contributed by atoms with van der Waals surface area (Å²) in [6, 6.07) is 11.0. The molecule has 178 valence electrons. The summed E-state index contributed by atoms with van der Waals surface area (Å²) < 4.78 is 10.4. The maximum atomic E-state index is 12.5. The molecule has 0 N–H and O–H groups in total. The van der Waals surface area contributed by atoms with Gasteiger partial charge in [-0.1, -0.05) is 24.3 Å². The Morgan fingerprint density at radius 3 is 2.39 bits per heavy atom. The Balaban J connectivity index is 0.000000709. The lowest BCUT2D eigenvalue weighted by Crippen LogP contribution is -2.51. The van der Waals surface area contributed by atoms with E-state index < -0.39 is 5.60 Å². The highest BCUT2D eigenvalue weighted by atomic mass is 79.9. The summed E-state index contributed by atoms with van der Waals surface area (Å²) in [7, 11) is 1.31. The summed E-state index contributed by atoms with van der Waals surface area (Å²) >= 11 is 3.58. The van der Waals surface area contributed by atoms with Crippen LogP contribution in [0.3, 0.4) is 0 Å². The Bertz CT molecular complexity index is 968. The first-order chi connectivity index (χ1) is 15.7. The number of amides is 1. The molecule has 2 aliphatic rings. The van der Waals surface area contributed by atoms with Gasteiger partial charge in [-0.05, 0) is 72.3 Å². The van der Waals surface area contributed by atoms with Crippen LogP contribution in [0, 0.1) is 0 Å². The van der Waals surface area contributed by atoms with Crippen LogP contribution in [0.2, 0.25) is 0 Å². The van der Waals surface area contributed by atoms with Crippen molar-refractivity contribution in [2.75, 3.05) is 33.3 Å². The highest BCUT2D eigenvalue weighted by Gasteiger charge is 2.34. The first-order valence-corrected chi connectivity index (χ1v) is 11.9. The van der Waals surface area contributed by atoms with Crippen LogP contribution in [0.5, 0.6) is 0 Å². The van der Waals surface area contributed by atoms with Crippen LogP contribution in [0.25, 0.3) is 0 Å². The molecule has 4 rings (SSSR count). The molecule has 1 fully saturated rings. The lowest BCUT2D eigenvalue weighted by molar-refractivity contribution is -0.126. The maximum Gasteiger partial charge on any atom is 0.410 e. The van der Waals surface area contributed by atoms with E-state index in [4.69, 9.17) is 14.5 Å². The quantitative estimate of drug-likeness (QED) is 0.550. The van der Waals surface area contributed by atoms with Crippen molar-refractivity contribution in [1.29, 1.82) is 0 Å². The number of fused-ring (bicyclic) bond motifs is 2. The first kappa shape index (κ1) is 25.2. The molecule has 1 atom stereocenters. The van der Waals surface area contributed by atoms with Gasteiger partial charge in [-0.2, -0.15) is 0 Å². The Hall–Kier alpha value is -2.45. The third-order valence-corrected chi connectivity index (χ3v) is 6.10. The summed E-state index contributed by atoms with van der Waals surface area (Å²) in [5.74, 6) is 0. The number of halogens is 1. The van der Waals surface area contributed by atoms with Crippen LogP contribution < -0.4 is 0 Å². The van der Waals surface area contributed by atoms with Gasteiger partial charge in [-0.3, -0.25) is 14.7 Å². The third kappa shape index (κ3) is 6.54. The Kier molecular flexibility index (Phi) is 8.48. The number of methoxy groups -OCH3 is 1. The molecule has 2 heterocycles. The fraction of sp³-hybridized carbons (Fsp3) is 0.480. The number of nitrogens with zero attached hydrogens (tertiary/aromatic N) is 3. The zero-order valence-corrected chi connectivity index (χ0v) is 21.3. The van der Waals surface area contributed by atoms with Crippen molar-refractivity contribution in [2.24, 2.45) is 0 Å². The highest BCUT2D eigenvalue weighted by Crippen LogP contribution is 2.37. The van der Waals surface area contributed by atoms with Crippen molar-refractivity contribution in [3.8, 4) is 0 Å². The molecule has 1 saturated heterocycles. The topological polar surface area (TPSA) is 72.0 Å². The number of benzene rings is 1. The lowest BCUT2D eigenvalue weighted by atomic mass is 9.96. The minimum absolute atomic E-state index is 0.123. The van der Waals surface area contributed by atoms with E-state index in [1.807, 2.05) is 31.9 Å². The molecular weight excluding hydrogens is 486 g/mol. The molecular formula is C25H32BrN3O4. The normalized spacial score (nSPS) is 18.1. The van der Waals surface area contributed by atoms with E-state index in [0.717, 1.165) is 36.1 Å². The van der Waals surface area contributed by atoms with Gasteiger partial charge >= 0.3 is 6.09 Å². The highest BCUT2D eigenvalue weighted by molar-refractivity contribution is 9.10. The van der Waals surface area contributed by atoms with E-state index >= 15 is 0 Å². The van der Waals surface area contributed by atoms with E-state index in [0.29, 0.717) is 19.6 Å². The molecule has 2 aromatic rings. The van der Waals surface area contributed by atoms with Gasteiger partial charge in [-0.25, -0.2) is 4.79 Å². The molecule has 0 radical (unpaired) electrons. The molecule has 33 heavy (non-hydrogen) atoms. The van der Waals surface area contributed by atoms with Gasteiger partial charge in [0.1, 0.15) is 5.60 Å². The van der Waals surface area contributed by atoms with Crippen LogP contribution in [0.4, 0.5) is 4.79 Å². The number of piperazine rings is 1. The number of pyridine rings is 1. The van der Waals surface area contributed by atoms with Crippen molar-refractivity contribution in [3.63, 3.8) is 0 Å². The number of rotatable bonds is 2. The van der Waals surface area contributed by atoms with Crippen LogP contribution >= 0.6 is 15.9 Å². The van der Waals surface area contributed by atoms with E-state index in [9.17, 15) is 4.79 Å². The molecule has 1 aliphatic heterocycles. The van der Waals surface area contributed by atoms with Crippen molar-refractivity contribution in [2.45, 2.75) is 45.3 Å². The van der Waals surface area contributed by atoms with Crippen LogP contribution in [0.1, 0.15) is 49.2 Å². The van der Waals surface area contributed by atoms with Gasteiger partial charge in [0.2, 0.25) is 0 Å². The Morgan fingerprint density at radius 2 is 1.76 bits per heavy atom. The third-order valence-electron chi connectivity index (χ3n) is 5.67. The van der Waals surface area contributed by atoms with Crippen molar-refractivity contribution >= 4 is 28.5 Å². The van der Waals surface area contributed by atoms with E-state index in [1.54, 1.807) is 0 Å². The molecule has 0 spiro atoms. The van der Waals surface area contributed by atoms with Gasteiger partial charge in [0.15, 0.2) is 0 Å². The van der Waals surface area contributed by atoms with E-state index in [2.05, 4.69) is 55.9 Å². The number of ether oxygens (including phenoxy) is 2.